The van der Waals surface area contributed by atoms with Crippen LogP contribution in [-0.2, 0) is 0 Å². The Bertz CT molecular complexity index is 233. The van der Waals surface area contributed by atoms with E-state index in [4.69, 9.17) is 5.90 Å². The van der Waals surface area contributed by atoms with Gasteiger partial charge in [-0.3, -0.25) is 0 Å². The predicted octanol–water partition coefficient (Wildman–Crippen LogP) is 1.56. The van der Waals surface area contributed by atoms with Crippen molar-refractivity contribution < 1.29 is 4.84 Å². The van der Waals surface area contributed by atoms with E-state index in [1.54, 1.807) is 0 Å². The van der Waals surface area contributed by atoms with Crippen molar-refractivity contribution in [3.8, 4) is 5.75 Å². The Hall–Kier alpha value is -1.02. The minimum absolute atomic E-state index is 0.750. The molecule has 1 aromatic rings. The van der Waals surface area contributed by atoms with E-state index in [-0.39, 0.29) is 0 Å². The van der Waals surface area contributed by atoms with Gasteiger partial charge in [0.1, 0.15) is 5.75 Å². The normalized spacial score (nSPS) is 9.50. The zero-order valence-electron chi connectivity index (χ0n) is 6.22. The smallest absolute Gasteiger partial charge is 0.149 e. The Morgan fingerprint density at radius 3 is 2.50 bits per heavy atom. The molecule has 2 N–H and O–H groups in total. The van der Waals surface area contributed by atoms with Gasteiger partial charge >= 0.3 is 0 Å². The van der Waals surface area contributed by atoms with Gasteiger partial charge in [0.15, 0.2) is 0 Å². The van der Waals surface area contributed by atoms with E-state index >= 15 is 0 Å². The number of hydrogen-bond donors (Lipinski definition) is 1. The maximum Gasteiger partial charge on any atom is 0.149 e. The SMILES string of the molecule is Cc1ccc(C)c(ON)c1. The molecule has 54 valence electrons. The molecule has 0 unspecified atom stereocenters. The van der Waals surface area contributed by atoms with E-state index in [0.29, 0.717) is 0 Å². The summed E-state index contributed by atoms with van der Waals surface area (Å²) in [5.41, 5.74) is 2.22. The highest BCUT2D eigenvalue weighted by Crippen LogP contribution is 2.16. The first-order chi connectivity index (χ1) is 4.74. The van der Waals surface area contributed by atoms with Gasteiger partial charge in [-0.25, -0.2) is 0 Å². The van der Waals surface area contributed by atoms with Crippen LogP contribution in [0.5, 0.6) is 5.75 Å². The fraction of sp³-hybridized carbons (Fsp3) is 0.250. The molecule has 1 aromatic carbocycles. The third-order valence-corrected chi connectivity index (χ3v) is 1.47. The topological polar surface area (TPSA) is 35.2 Å². The molecule has 0 aliphatic carbocycles. The fourth-order valence-corrected chi connectivity index (χ4v) is 0.834. The molecule has 0 saturated carbocycles. The molecular weight excluding hydrogens is 126 g/mol. The van der Waals surface area contributed by atoms with E-state index < -0.39 is 0 Å². The maximum absolute atomic E-state index is 5.02. The predicted molar refractivity (Wildman–Crippen MR) is 40.7 cm³/mol. The van der Waals surface area contributed by atoms with Crippen LogP contribution in [0.4, 0.5) is 0 Å². The number of nitrogens with two attached hydrogens (primary N) is 1. The maximum atomic E-state index is 5.02. The second kappa shape index (κ2) is 2.71. The van der Waals surface area contributed by atoms with E-state index in [1.165, 1.54) is 0 Å². The summed E-state index contributed by atoms with van der Waals surface area (Å²) in [5.74, 6) is 5.77. The third kappa shape index (κ3) is 1.28. The van der Waals surface area contributed by atoms with Crippen LogP contribution in [0.25, 0.3) is 0 Å². The van der Waals surface area contributed by atoms with Gasteiger partial charge in [0.05, 0.1) is 0 Å². The van der Waals surface area contributed by atoms with Crippen molar-refractivity contribution in [2.45, 2.75) is 13.8 Å². The molecule has 0 bridgehead atoms. The monoisotopic (exact) mass is 137 g/mol. The summed E-state index contributed by atoms with van der Waals surface area (Å²) in [5, 5.41) is 0. The van der Waals surface area contributed by atoms with E-state index in [2.05, 4.69) is 4.84 Å². The lowest BCUT2D eigenvalue weighted by molar-refractivity contribution is 0.332. The Morgan fingerprint density at radius 2 is 2.00 bits per heavy atom. The summed E-state index contributed by atoms with van der Waals surface area (Å²) in [6, 6.07) is 5.92. The summed E-state index contributed by atoms with van der Waals surface area (Å²) >= 11 is 0. The number of aryl methyl sites for hydroxylation is 2. The van der Waals surface area contributed by atoms with Crippen LogP contribution >= 0.6 is 0 Å². The molecule has 0 amide bonds. The van der Waals surface area contributed by atoms with E-state index in [9.17, 15) is 0 Å². The summed E-state index contributed by atoms with van der Waals surface area (Å²) in [7, 11) is 0. The zero-order chi connectivity index (χ0) is 7.56. The summed E-state index contributed by atoms with van der Waals surface area (Å²) in [6.07, 6.45) is 0. The minimum atomic E-state index is 0.750. The van der Waals surface area contributed by atoms with Crippen LogP contribution in [0.2, 0.25) is 0 Å². The van der Waals surface area contributed by atoms with Crippen molar-refractivity contribution in [1.82, 2.24) is 0 Å². The average Bonchev–Trinajstić information content (AvgIpc) is 1.94. The molecule has 2 nitrogen and oxygen atoms in total. The molecule has 0 aliphatic rings. The first kappa shape index (κ1) is 7.09. The number of rotatable bonds is 1. The summed E-state index contributed by atoms with van der Waals surface area (Å²) in [6.45, 7) is 3.96. The highest BCUT2D eigenvalue weighted by atomic mass is 16.6. The second-order valence-electron chi connectivity index (χ2n) is 2.39. The van der Waals surface area contributed by atoms with Gasteiger partial charge in [0.2, 0.25) is 0 Å². The summed E-state index contributed by atoms with van der Waals surface area (Å²) in [4.78, 5) is 4.63. The summed E-state index contributed by atoms with van der Waals surface area (Å²) < 4.78 is 0. The molecule has 0 heterocycles. The molecule has 0 aromatic heterocycles. The average molecular weight is 137 g/mol. The Morgan fingerprint density at radius 1 is 1.30 bits per heavy atom. The molecule has 0 atom stereocenters. The van der Waals surface area contributed by atoms with E-state index in [0.717, 1.165) is 16.9 Å². The van der Waals surface area contributed by atoms with Gasteiger partial charge in [0.25, 0.3) is 0 Å². The van der Waals surface area contributed by atoms with Crippen LogP contribution in [0.3, 0.4) is 0 Å². The minimum Gasteiger partial charge on any atom is -0.411 e. The van der Waals surface area contributed by atoms with Crippen molar-refractivity contribution in [2.75, 3.05) is 0 Å². The molecule has 0 saturated heterocycles. The molecule has 2 heteroatoms. The highest BCUT2D eigenvalue weighted by molar-refractivity contribution is 5.35. The van der Waals surface area contributed by atoms with Gasteiger partial charge in [-0.2, -0.15) is 5.90 Å². The molecule has 10 heavy (non-hydrogen) atoms. The van der Waals surface area contributed by atoms with Crippen LogP contribution in [0, 0.1) is 13.8 Å². The number of hydrogen-bond acceptors (Lipinski definition) is 2. The molecule has 1 rings (SSSR count). The van der Waals surface area contributed by atoms with Crippen molar-refractivity contribution in [3.05, 3.63) is 29.3 Å². The molecule has 0 fully saturated rings. The molecule has 0 aliphatic heterocycles. The van der Waals surface area contributed by atoms with Crippen molar-refractivity contribution in [2.24, 2.45) is 5.90 Å². The highest BCUT2D eigenvalue weighted by Gasteiger charge is 1.95. The van der Waals surface area contributed by atoms with Crippen LogP contribution < -0.4 is 10.7 Å². The molecule has 0 radical (unpaired) electrons. The van der Waals surface area contributed by atoms with Crippen molar-refractivity contribution >= 4 is 0 Å². The standard InChI is InChI=1S/C8H11NO/c1-6-3-4-7(2)8(5-6)10-9/h3-5H,9H2,1-2H3. The molecular formula is C8H11NO. The first-order valence-electron chi connectivity index (χ1n) is 3.18. The van der Waals surface area contributed by atoms with Crippen molar-refractivity contribution in [1.29, 1.82) is 0 Å². The first-order valence-corrected chi connectivity index (χ1v) is 3.18. The Kier molecular flexibility index (Phi) is 1.92. The van der Waals surface area contributed by atoms with Gasteiger partial charge in [0, 0.05) is 0 Å². The van der Waals surface area contributed by atoms with Gasteiger partial charge in [-0.15, -0.1) is 0 Å². The lowest BCUT2D eigenvalue weighted by Gasteiger charge is -2.02. The Balaban J connectivity index is 3.09. The third-order valence-electron chi connectivity index (χ3n) is 1.47. The zero-order valence-corrected chi connectivity index (χ0v) is 6.22. The van der Waals surface area contributed by atoms with Gasteiger partial charge in [-0.05, 0) is 31.0 Å². The molecule has 0 spiro atoms. The van der Waals surface area contributed by atoms with Gasteiger partial charge in [-0.1, -0.05) is 12.1 Å². The van der Waals surface area contributed by atoms with Crippen LogP contribution in [-0.4, -0.2) is 0 Å². The quantitative estimate of drug-likeness (QED) is 0.596. The largest absolute Gasteiger partial charge is 0.411 e. The van der Waals surface area contributed by atoms with Gasteiger partial charge < -0.3 is 4.84 Å². The number of benzene rings is 1. The van der Waals surface area contributed by atoms with Crippen molar-refractivity contribution in [3.63, 3.8) is 0 Å². The van der Waals surface area contributed by atoms with Crippen LogP contribution in [0.1, 0.15) is 11.1 Å². The van der Waals surface area contributed by atoms with E-state index in [1.807, 2.05) is 32.0 Å². The Labute approximate surface area is 60.6 Å². The lowest BCUT2D eigenvalue weighted by Crippen LogP contribution is -2.03. The lowest BCUT2D eigenvalue weighted by atomic mass is 10.1. The fourth-order valence-electron chi connectivity index (χ4n) is 0.834. The second-order valence-corrected chi connectivity index (χ2v) is 2.39. The van der Waals surface area contributed by atoms with Crippen LogP contribution in [0.15, 0.2) is 18.2 Å².